The summed E-state index contributed by atoms with van der Waals surface area (Å²) in [5, 5.41) is 7.58. The molecule has 0 saturated carbocycles. The van der Waals surface area contributed by atoms with E-state index in [0.29, 0.717) is 54.4 Å². The highest BCUT2D eigenvalue weighted by atomic mass is 35.5. The third-order valence-electron chi connectivity index (χ3n) is 5.64. The molecule has 0 radical (unpaired) electrons. The zero-order chi connectivity index (χ0) is 21.4. The van der Waals surface area contributed by atoms with Crippen LogP contribution >= 0.6 is 11.6 Å². The Morgan fingerprint density at radius 2 is 2.07 bits per heavy atom. The van der Waals surface area contributed by atoms with E-state index in [9.17, 15) is 9.59 Å². The largest absolute Gasteiger partial charge is 0.361 e. The van der Waals surface area contributed by atoms with Crippen LogP contribution in [0.1, 0.15) is 52.5 Å². The Balaban J connectivity index is 1.46. The van der Waals surface area contributed by atoms with Crippen LogP contribution < -0.4 is 5.32 Å². The molecule has 4 rings (SSSR count). The second kappa shape index (κ2) is 8.10. The molecule has 1 aliphatic heterocycles. The van der Waals surface area contributed by atoms with Gasteiger partial charge in [-0.3, -0.25) is 14.0 Å². The van der Waals surface area contributed by atoms with Crippen molar-refractivity contribution in [2.45, 2.75) is 52.6 Å². The number of hydrogen-bond donors (Lipinski definition) is 1. The molecule has 0 aromatic carbocycles. The predicted molar refractivity (Wildman–Crippen MR) is 111 cm³/mol. The molecule has 3 aromatic rings. The highest BCUT2D eigenvalue weighted by Gasteiger charge is 2.27. The normalized spacial score (nSPS) is 17.4. The van der Waals surface area contributed by atoms with Crippen LogP contribution in [0.25, 0.3) is 5.65 Å². The van der Waals surface area contributed by atoms with Gasteiger partial charge in [0.2, 0.25) is 5.91 Å². The molecular weight excluding hydrogens is 406 g/mol. The lowest BCUT2D eigenvalue weighted by Crippen LogP contribution is -2.36. The summed E-state index contributed by atoms with van der Waals surface area (Å²) in [6, 6.07) is 3.43. The van der Waals surface area contributed by atoms with Gasteiger partial charge in [0, 0.05) is 30.8 Å². The van der Waals surface area contributed by atoms with Crippen LogP contribution in [0.2, 0.25) is 5.02 Å². The summed E-state index contributed by atoms with van der Waals surface area (Å²) in [6.07, 6.45) is 3.34. The minimum absolute atomic E-state index is 0.0736. The third-order valence-corrected chi connectivity index (χ3v) is 5.87. The first-order chi connectivity index (χ1) is 14.3. The van der Waals surface area contributed by atoms with Crippen LogP contribution in [0.4, 0.5) is 0 Å². The summed E-state index contributed by atoms with van der Waals surface area (Å²) in [5.41, 5.74) is 3.53. The fraction of sp³-hybridized carbons (Fsp3) is 0.429. The van der Waals surface area contributed by atoms with Gasteiger partial charge in [-0.1, -0.05) is 16.8 Å². The summed E-state index contributed by atoms with van der Waals surface area (Å²) in [7, 11) is 0. The number of amides is 2. The zero-order valence-corrected chi connectivity index (χ0v) is 18.0. The van der Waals surface area contributed by atoms with Crippen molar-refractivity contribution in [1.29, 1.82) is 0 Å². The molecule has 1 saturated heterocycles. The minimum atomic E-state index is -0.209. The lowest BCUT2D eigenvalue weighted by molar-refractivity contribution is -0.131. The average molecular weight is 430 g/mol. The number of aryl methyl sites for hydroxylation is 3. The van der Waals surface area contributed by atoms with E-state index in [1.807, 2.05) is 18.7 Å². The van der Waals surface area contributed by atoms with Gasteiger partial charge in [0.05, 0.1) is 23.0 Å². The van der Waals surface area contributed by atoms with E-state index < -0.39 is 0 Å². The molecule has 8 nitrogen and oxygen atoms in total. The number of pyridine rings is 1. The number of nitrogens with one attached hydrogen (secondary N) is 1. The van der Waals surface area contributed by atoms with Crippen molar-refractivity contribution in [3.05, 3.63) is 51.8 Å². The number of likely N-dealkylation sites (tertiary alicyclic amines) is 1. The second-order valence-corrected chi connectivity index (χ2v) is 8.17. The van der Waals surface area contributed by atoms with Gasteiger partial charge in [-0.15, -0.1) is 0 Å². The number of aromatic nitrogens is 3. The number of carbonyl (C=O) groups excluding carboxylic acids is 2. The van der Waals surface area contributed by atoms with Gasteiger partial charge in [0.25, 0.3) is 5.91 Å². The topological polar surface area (TPSA) is 92.7 Å². The summed E-state index contributed by atoms with van der Waals surface area (Å²) in [6.45, 7) is 6.57. The van der Waals surface area contributed by atoms with Crippen LogP contribution in [-0.4, -0.2) is 43.8 Å². The average Bonchev–Trinajstić information content (AvgIpc) is 3.13. The number of carbonyl (C=O) groups is 2. The van der Waals surface area contributed by atoms with Crippen molar-refractivity contribution in [2.24, 2.45) is 0 Å². The number of hydrogen-bond acceptors (Lipinski definition) is 5. The Bertz CT molecular complexity index is 1100. The predicted octanol–water partition coefficient (Wildman–Crippen LogP) is 3.21. The molecule has 1 unspecified atom stereocenters. The summed E-state index contributed by atoms with van der Waals surface area (Å²) >= 11 is 6.10. The van der Waals surface area contributed by atoms with Gasteiger partial charge in [0.15, 0.2) is 0 Å². The van der Waals surface area contributed by atoms with Crippen molar-refractivity contribution < 1.29 is 14.1 Å². The SMILES string of the molecule is Cc1noc(C)c1CN1CCC(NC(=O)c2c(C)nc3ccc(Cl)cn23)CCC1=O. The van der Waals surface area contributed by atoms with Crippen molar-refractivity contribution in [3.63, 3.8) is 0 Å². The van der Waals surface area contributed by atoms with E-state index in [2.05, 4.69) is 15.5 Å². The highest BCUT2D eigenvalue weighted by molar-refractivity contribution is 6.30. The molecule has 0 spiro atoms. The first kappa shape index (κ1) is 20.4. The van der Waals surface area contributed by atoms with Crippen LogP contribution in [-0.2, 0) is 11.3 Å². The van der Waals surface area contributed by atoms with Gasteiger partial charge in [-0.25, -0.2) is 4.98 Å². The van der Waals surface area contributed by atoms with E-state index in [4.69, 9.17) is 16.1 Å². The minimum Gasteiger partial charge on any atom is -0.361 e. The summed E-state index contributed by atoms with van der Waals surface area (Å²) in [5.74, 6) is 0.597. The quantitative estimate of drug-likeness (QED) is 0.687. The molecule has 1 N–H and O–H groups in total. The van der Waals surface area contributed by atoms with Gasteiger partial charge in [-0.2, -0.15) is 0 Å². The Morgan fingerprint density at radius 1 is 1.27 bits per heavy atom. The Hall–Kier alpha value is -2.87. The number of imidazole rings is 1. The molecule has 0 aliphatic carbocycles. The van der Waals surface area contributed by atoms with E-state index in [0.717, 1.165) is 17.0 Å². The van der Waals surface area contributed by atoms with Gasteiger partial charge in [-0.05, 0) is 45.7 Å². The first-order valence-corrected chi connectivity index (χ1v) is 10.4. The number of nitrogens with zero attached hydrogens (tertiary/aromatic N) is 4. The maximum Gasteiger partial charge on any atom is 0.270 e. The van der Waals surface area contributed by atoms with Crippen molar-refractivity contribution >= 4 is 29.1 Å². The maximum atomic E-state index is 13.0. The molecule has 30 heavy (non-hydrogen) atoms. The molecule has 158 valence electrons. The van der Waals surface area contributed by atoms with Crippen molar-refractivity contribution in [2.75, 3.05) is 6.54 Å². The van der Waals surface area contributed by atoms with Gasteiger partial charge in [0.1, 0.15) is 17.1 Å². The van der Waals surface area contributed by atoms with Crippen LogP contribution in [0.3, 0.4) is 0 Å². The maximum absolute atomic E-state index is 13.0. The standard InChI is InChI=1S/C21H24ClN5O3/c1-12-17(14(3)30-25-12)11-26-9-8-16(5-7-19(26)28)24-21(29)20-13(2)23-18-6-4-15(22)10-27(18)20/h4,6,10,16H,5,7-9,11H2,1-3H3,(H,24,29). The smallest absolute Gasteiger partial charge is 0.270 e. The summed E-state index contributed by atoms with van der Waals surface area (Å²) < 4.78 is 6.92. The molecule has 1 fully saturated rings. The molecule has 1 atom stereocenters. The Kier molecular flexibility index (Phi) is 5.51. The van der Waals surface area contributed by atoms with Crippen LogP contribution in [0, 0.1) is 20.8 Å². The van der Waals surface area contributed by atoms with Gasteiger partial charge < -0.3 is 14.7 Å². The number of halogens is 1. The lowest BCUT2D eigenvalue weighted by atomic mass is 10.1. The fourth-order valence-corrected chi connectivity index (χ4v) is 4.09. The van der Waals surface area contributed by atoms with Crippen molar-refractivity contribution in [3.8, 4) is 0 Å². The molecular formula is C21H24ClN5O3. The van der Waals surface area contributed by atoms with E-state index in [-0.39, 0.29) is 17.9 Å². The number of rotatable bonds is 4. The molecule has 0 bridgehead atoms. The summed E-state index contributed by atoms with van der Waals surface area (Å²) in [4.78, 5) is 31.9. The fourth-order valence-electron chi connectivity index (χ4n) is 3.93. The Morgan fingerprint density at radius 3 is 2.80 bits per heavy atom. The molecule has 9 heteroatoms. The zero-order valence-electron chi connectivity index (χ0n) is 17.2. The van der Waals surface area contributed by atoms with Gasteiger partial charge >= 0.3 is 0 Å². The monoisotopic (exact) mass is 429 g/mol. The van der Waals surface area contributed by atoms with Crippen LogP contribution in [0.15, 0.2) is 22.9 Å². The molecule has 2 amide bonds. The van der Waals surface area contributed by atoms with E-state index in [1.165, 1.54) is 0 Å². The third kappa shape index (κ3) is 3.92. The molecule has 3 aromatic heterocycles. The second-order valence-electron chi connectivity index (χ2n) is 7.74. The van der Waals surface area contributed by atoms with E-state index in [1.54, 1.807) is 29.7 Å². The first-order valence-electron chi connectivity index (χ1n) is 9.98. The van der Waals surface area contributed by atoms with Crippen molar-refractivity contribution in [1.82, 2.24) is 24.8 Å². The molecule has 4 heterocycles. The van der Waals surface area contributed by atoms with Crippen LogP contribution in [0.5, 0.6) is 0 Å². The highest BCUT2D eigenvalue weighted by Crippen LogP contribution is 2.21. The Labute approximate surface area is 179 Å². The number of fused-ring (bicyclic) bond motifs is 1. The van der Waals surface area contributed by atoms with E-state index >= 15 is 0 Å². The lowest BCUT2D eigenvalue weighted by Gasteiger charge is -2.21. The molecule has 1 aliphatic rings.